The number of hydrogen-bond donors (Lipinski definition) is 2. The Morgan fingerprint density at radius 2 is 1.63 bits per heavy atom. The van der Waals surface area contributed by atoms with E-state index in [1.54, 1.807) is 0 Å². The van der Waals surface area contributed by atoms with E-state index in [1.165, 1.54) is 16.7 Å². The molecule has 2 rings (SSSR count). The van der Waals surface area contributed by atoms with Crippen LogP contribution in [0.4, 0.5) is 0 Å². The number of guanidine groups is 1. The van der Waals surface area contributed by atoms with Crippen molar-refractivity contribution in [1.29, 1.82) is 0 Å². The summed E-state index contributed by atoms with van der Waals surface area (Å²) in [5.41, 5.74) is 5.61. The number of rotatable bonds is 8. The Hall–Kier alpha value is -2.09. The van der Waals surface area contributed by atoms with E-state index in [0.29, 0.717) is 6.54 Å². The maximum Gasteiger partial charge on any atom is 0.253 e. The van der Waals surface area contributed by atoms with Gasteiger partial charge in [-0.25, -0.2) is 4.99 Å². The van der Waals surface area contributed by atoms with Gasteiger partial charge >= 0.3 is 0 Å². The summed E-state index contributed by atoms with van der Waals surface area (Å²) >= 11 is 0. The molecule has 0 spiro atoms. The molecule has 0 aromatic heterocycles. The molecule has 0 heterocycles. The van der Waals surface area contributed by atoms with Gasteiger partial charge in [0.1, 0.15) is 0 Å². The molecule has 0 unspecified atom stereocenters. The van der Waals surface area contributed by atoms with Crippen molar-refractivity contribution < 1.29 is 4.79 Å². The minimum Gasteiger partial charge on any atom is -0.357 e. The van der Waals surface area contributed by atoms with Gasteiger partial charge in [0.2, 0.25) is 0 Å². The molecule has 0 atom stereocenters. The summed E-state index contributed by atoms with van der Waals surface area (Å²) in [7, 11) is 0. The number of carbonyl (C=O) groups is 1. The molecule has 0 aliphatic heterocycles. The Labute approximate surface area is 198 Å². The summed E-state index contributed by atoms with van der Waals surface area (Å²) in [6, 6.07) is 14.2. The van der Waals surface area contributed by atoms with Gasteiger partial charge < -0.3 is 15.5 Å². The van der Waals surface area contributed by atoms with Crippen molar-refractivity contribution in [3.05, 3.63) is 70.3 Å². The molecule has 0 aliphatic rings. The Morgan fingerprint density at radius 1 is 0.967 bits per heavy atom. The molecule has 0 bridgehead atoms. The van der Waals surface area contributed by atoms with Crippen molar-refractivity contribution in [1.82, 2.24) is 15.5 Å². The van der Waals surface area contributed by atoms with E-state index < -0.39 is 0 Å². The first kappa shape index (κ1) is 25.9. The lowest BCUT2D eigenvalue weighted by molar-refractivity contribution is 0.0773. The van der Waals surface area contributed by atoms with Gasteiger partial charge in [0.05, 0.1) is 6.54 Å². The van der Waals surface area contributed by atoms with Crippen LogP contribution in [0.2, 0.25) is 0 Å². The minimum absolute atomic E-state index is 0. The number of carbonyl (C=O) groups excluding carboxylic acids is 1. The predicted octanol–water partition coefficient (Wildman–Crippen LogP) is 4.66. The van der Waals surface area contributed by atoms with Gasteiger partial charge in [-0.15, -0.1) is 24.0 Å². The lowest BCUT2D eigenvalue weighted by atomic mass is 10.1. The van der Waals surface area contributed by atoms with Crippen molar-refractivity contribution in [3.8, 4) is 0 Å². The molecule has 30 heavy (non-hydrogen) atoms. The quantitative estimate of drug-likeness (QED) is 0.301. The van der Waals surface area contributed by atoms with Gasteiger partial charge in [0, 0.05) is 31.7 Å². The molecule has 2 N–H and O–H groups in total. The van der Waals surface area contributed by atoms with Crippen LogP contribution in [-0.4, -0.2) is 36.4 Å². The van der Waals surface area contributed by atoms with E-state index >= 15 is 0 Å². The van der Waals surface area contributed by atoms with Crippen molar-refractivity contribution in [2.24, 2.45) is 4.99 Å². The third-order valence-electron chi connectivity index (χ3n) is 4.96. The number of nitrogens with zero attached hydrogens (tertiary/aromatic N) is 2. The second-order valence-electron chi connectivity index (χ2n) is 7.15. The Morgan fingerprint density at radius 3 is 2.20 bits per heavy atom. The lowest BCUT2D eigenvalue weighted by Crippen LogP contribution is -2.36. The van der Waals surface area contributed by atoms with Gasteiger partial charge in [0.15, 0.2) is 5.96 Å². The molecule has 6 heteroatoms. The first-order valence-corrected chi connectivity index (χ1v) is 10.4. The molecule has 1 amide bonds. The van der Waals surface area contributed by atoms with Crippen molar-refractivity contribution in [2.75, 3.05) is 19.6 Å². The van der Waals surface area contributed by atoms with Gasteiger partial charge in [-0.3, -0.25) is 4.79 Å². The summed E-state index contributed by atoms with van der Waals surface area (Å²) in [5.74, 6) is 0.865. The topological polar surface area (TPSA) is 56.7 Å². The molecule has 164 valence electrons. The molecular formula is C24H35IN4O. The van der Waals surface area contributed by atoms with Crippen LogP contribution in [0, 0.1) is 13.8 Å². The van der Waals surface area contributed by atoms with Gasteiger partial charge in [0.25, 0.3) is 5.91 Å². The van der Waals surface area contributed by atoms with Crippen LogP contribution in [0.15, 0.2) is 47.5 Å². The smallest absolute Gasteiger partial charge is 0.253 e. The van der Waals surface area contributed by atoms with Crippen LogP contribution >= 0.6 is 24.0 Å². The standard InChI is InChI=1S/C24H34N4O.HI/c1-6-25-24(27-17-22-12-9-18(4)15-19(22)5)26-16-20-10-13-21(14-11-20)23(29)28(7-2)8-3;/h9-15H,6-8,16-17H2,1-5H3,(H2,25,26,27);1H. The average Bonchev–Trinajstić information content (AvgIpc) is 2.72. The van der Waals surface area contributed by atoms with E-state index in [2.05, 4.69) is 54.6 Å². The van der Waals surface area contributed by atoms with Crippen LogP contribution < -0.4 is 10.6 Å². The molecular weight excluding hydrogens is 487 g/mol. The maximum absolute atomic E-state index is 12.4. The van der Waals surface area contributed by atoms with Gasteiger partial charge in [-0.2, -0.15) is 0 Å². The lowest BCUT2D eigenvalue weighted by Gasteiger charge is -2.18. The van der Waals surface area contributed by atoms with Crippen molar-refractivity contribution >= 4 is 35.8 Å². The Kier molecular flexibility index (Phi) is 11.5. The predicted molar refractivity (Wildman–Crippen MR) is 137 cm³/mol. The fourth-order valence-electron chi connectivity index (χ4n) is 3.18. The van der Waals surface area contributed by atoms with E-state index in [4.69, 9.17) is 0 Å². The molecule has 0 aliphatic carbocycles. The highest BCUT2D eigenvalue weighted by Crippen LogP contribution is 2.11. The molecule has 0 saturated heterocycles. The largest absolute Gasteiger partial charge is 0.357 e. The normalized spacial score (nSPS) is 10.9. The van der Waals surface area contributed by atoms with E-state index in [9.17, 15) is 4.79 Å². The summed E-state index contributed by atoms with van der Waals surface area (Å²) in [6.07, 6.45) is 0. The summed E-state index contributed by atoms with van der Waals surface area (Å²) in [4.78, 5) is 18.9. The number of aliphatic imine (C=N–C) groups is 1. The first-order valence-electron chi connectivity index (χ1n) is 10.4. The highest BCUT2D eigenvalue weighted by atomic mass is 127. The third-order valence-corrected chi connectivity index (χ3v) is 4.96. The van der Waals surface area contributed by atoms with E-state index in [-0.39, 0.29) is 29.9 Å². The van der Waals surface area contributed by atoms with Crippen LogP contribution in [0.25, 0.3) is 0 Å². The third kappa shape index (κ3) is 7.63. The van der Waals surface area contributed by atoms with Crippen molar-refractivity contribution in [2.45, 2.75) is 47.7 Å². The molecule has 2 aromatic rings. The van der Waals surface area contributed by atoms with Crippen LogP contribution in [-0.2, 0) is 13.1 Å². The van der Waals surface area contributed by atoms with E-state index in [0.717, 1.165) is 43.3 Å². The second kappa shape index (κ2) is 13.3. The van der Waals surface area contributed by atoms with Gasteiger partial charge in [-0.05, 0) is 63.4 Å². The minimum atomic E-state index is 0. The molecule has 5 nitrogen and oxygen atoms in total. The SMILES string of the molecule is CCNC(=NCc1ccc(C(=O)N(CC)CC)cc1)NCc1ccc(C)cc1C.I. The van der Waals surface area contributed by atoms with Crippen LogP contribution in [0.3, 0.4) is 0 Å². The number of halogens is 1. The molecule has 0 saturated carbocycles. The Bertz CT molecular complexity index is 830. The summed E-state index contributed by atoms with van der Waals surface area (Å²) in [5, 5.41) is 6.70. The highest BCUT2D eigenvalue weighted by Gasteiger charge is 2.11. The zero-order valence-electron chi connectivity index (χ0n) is 18.8. The summed E-state index contributed by atoms with van der Waals surface area (Å²) in [6.45, 7) is 13.8. The fraction of sp³-hybridized carbons (Fsp3) is 0.417. The first-order chi connectivity index (χ1) is 14.0. The van der Waals surface area contributed by atoms with Crippen LogP contribution in [0.5, 0.6) is 0 Å². The summed E-state index contributed by atoms with van der Waals surface area (Å²) < 4.78 is 0. The molecule has 0 fully saturated rings. The fourth-order valence-corrected chi connectivity index (χ4v) is 3.18. The van der Waals surface area contributed by atoms with E-state index in [1.807, 2.05) is 43.0 Å². The van der Waals surface area contributed by atoms with Crippen molar-refractivity contribution in [3.63, 3.8) is 0 Å². The monoisotopic (exact) mass is 522 g/mol. The molecule has 2 aromatic carbocycles. The number of aryl methyl sites for hydroxylation is 2. The second-order valence-corrected chi connectivity index (χ2v) is 7.15. The van der Waals surface area contributed by atoms with Gasteiger partial charge in [-0.1, -0.05) is 35.9 Å². The Balaban J connectivity index is 0.00000450. The number of nitrogens with one attached hydrogen (secondary N) is 2. The molecule has 0 radical (unpaired) electrons. The zero-order valence-corrected chi connectivity index (χ0v) is 21.1. The number of benzene rings is 2. The average molecular weight is 522 g/mol. The number of amides is 1. The zero-order chi connectivity index (χ0) is 21.2. The number of hydrogen-bond acceptors (Lipinski definition) is 2. The highest BCUT2D eigenvalue weighted by molar-refractivity contribution is 14.0. The maximum atomic E-state index is 12.4. The van der Waals surface area contributed by atoms with Crippen LogP contribution in [0.1, 0.15) is 53.4 Å².